The van der Waals surface area contributed by atoms with Gasteiger partial charge >= 0.3 is 5.97 Å². The van der Waals surface area contributed by atoms with E-state index in [1.807, 2.05) is 42.8 Å². The van der Waals surface area contributed by atoms with Gasteiger partial charge in [0.2, 0.25) is 0 Å². The van der Waals surface area contributed by atoms with E-state index in [2.05, 4.69) is 17.3 Å². The molecule has 2 N–H and O–H groups in total. The summed E-state index contributed by atoms with van der Waals surface area (Å²) >= 11 is 0. The molecule has 0 unspecified atom stereocenters. The van der Waals surface area contributed by atoms with Crippen LogP contribution in [0.3, 0.4) is 0 Å². The second kappa shape index (κ2) is 8.17. The van der Waals surface area contributed by atoms with Crippen molar-refractivity contribution in [2.45, 2.75) is 59.3 Å². The Bertz CT molecular complexity index is 858. The summed E-state index contributed by atoms with van der Waals surface area (Å²) in [5, 5.41) is 16.6. The van der Waals surface area contributed by atoms with Gasteiger partial charge in [-0.3, -0.25) is 9.59 Å². The number of carbonyl (C=O) groups excluding carboxylic acids is 1. The lowest BCUT2D eigenvalue weighted by atomic mass is 9.67. The van der Waals surface area contributed by atoms with Gasteiger partial charge in [0.15, 0.2) is 0 Å². The number of carbonyl (C=O) groups is 2. The number of carboxylic acids is 1. The Balaban J connectivity index is 1.69. The maximum Gasteiger partial charge on any atom is 0.303 e. The molecule has 150 valence electrons. The Morgan fingerprint density at radius 3 is 2.43 bits per heavy atom. The minimum atomic E-state index is -0.811. The quantitative estimate of drug-likeness (QED) is 0.726. The van der Waals surface area contributed by atoms with Gasteiger partial charge in [-0.15, -0.1) is 0 Å². The van der Waals surface area contributed by atoms with Crippen LogP contribution in [0.5, 0.6) is 0 Å². The van der Waals surface area contributed by atoms with E-state index in [0.717, 1.165) is 35.6 Å². The van der Waals surface area contributed by atoms with Crippen LogP contribution in [0.2, 0.25) is 0 Å². The summed E-state index contributed by atoms with van der Waals surface area (Å²) < 4.78 is 1.81. The Morgan fingerprint density at radius 2 is 1.89 bits per heavy atom. The van der Waals surface area contributed by atoms with Crippen LogP contribution in [0.15, 0.2) is 24.3 Å². The van der Waals surface area contributed by atoms with Crippen LogP contribution in [-0.4, -0.2) is 33.3 Å². The fraction of sp³-hybridized carbons (Fsp3) is 0.500. The lowest BCUT2D eigenvalue weighted by Crippen LogP contribution is -2.41. The molecule has 1 aromatic heterocycles. The molecule has 0 bridgehead atoms. The fourth-order valence-electron chi connectivity index (χ4n) is 3.98. The standard InChI is InChI=1S/C22H29N3O3/c1-4-22(12-5-13-22)14-23-21(28)17-6-8-18(9-7-17)25-16(3)19(15(2)24-25)10-11-20(26)27/h6-9H,4-5,10-14H2,1-3H3,(H,23,28)(H,26,27). The van der Waals surface area contributed by atoms with Crippen molar-refractivity contribution >= 4 is 11.9 Å². The largest absolute Gasteiger partial charge is 0.481 e. The van der Waals surface area contributed by atoms with E-state index in [-0.39, 0.29) is 12.3 Å². The fourth-order valence-corrected chi connectivity index (χ4v) is 3.98. The highest BCUT2D eigenvalue weighted by Crippen LogP contribution is 2.43. The number of aromatic nitrogens is 2. The summed E-state index contributed by atoms with van der Waals surface area (Å²) in [5.41, 5.74) is 4.54. The zero-order chi connectivity index (χ0) is 20.3. The Morgan fingerprint density at radius 1 is 1.21 bits per heavy atom. The number of aryl methyl sites for hydroxylation is 1. The molecule has 0 atom stereocenters. The van der Waals surface area contributed by atoms with Gasteiger partial charge in [-0.2, -0.15) is 5.10 Å². The molecule has 0 aliphatic heterocycles. The number of benzene rings is 1. The van der Waals surface area contributed by atoms with Gasteiger partial charge in [-0.05, 0) is 74.8 Å². The van der Waals surface area contributed by atoms with Gasteiger partial charge in [-0.25, -0.2) is 4.68 Å². The molecule has 1 aromatic carbocycles. The van der Waals surface area contributed by atoms with Crippen LogP contribution in [0.1, 0.15) is 66.3 Å². The first-order chi connectivity index (χ1) is 13.3. The molecule has 1 aliphatic carbocycles. The summed E-state index contributed by atoms with van der Waals surface area (Å²) in [4.78, 5) is 23.3. The minimum Gasteiger partial charge on any atom is -0.481 e. The number of rotatable bonds is 8. The summed E-state index contributed by atoms with van der Waals surface area (Å²) in [6, 6.07) is 7.40. The van der Waals surface area contributed by atoms with E-state index in [1.54, 1.807) is 0 Å². The van der Waals surface area contributed by atoms with Crippen LogP contribution >= 0.6 is 0 Å². The number of nitrogens with zero attached hydrogens (tertiary/aromatic N) is 2. The van der Waals surface area contributed by atoms with Gasteiger partial charge in [0.05, 0.1) is 11.4 Å². The monoisotopic (exact) mass is 383 g/mol. The summed E-state index contributed by atoms with van der Waals surface area (Å²) in [5.74, 6) is -0.851. The van der Waals surface area contributed by atoms with Gasteiger partial charge in [0.25, 0.3) is 5.91 Å². The van der Waals surface area contributed by atoms with Crippen LogP contribution in [0, 0.1) is 19.3 Å². The molecular formula is C22H29N3O3. The maximum atomic E-state index is 12.5. The molecule has 1 aliphatic rings. The van der Waals surface area contributed by atoms with E-state index < -0.39 is 5.97 Å². The molecule has 2 aromatic rings. The first-order valence-electron chi connectivity index (χ1n) is 10.0. The molecule has 1 saturated carbocycles. The average Bonchev–Trinajstić information content (AvgIpc) is 2.93. The van der Waals surface area contributed by atoms with Crippen molar-refractivity contribution in [3.63, 3.8) is 0 Å². The molecule has 28 heavy (non-hydrogen) atoms. The molecule has 0 saturated heterocycles. The van der Waals surface area contributed by atoms with Crippen LogP contribution in [-0.2, 0) is 11.2 Å². The Hall–Kier alpha value is -2.63. The average molecular weight is 383 g/mol. The van der Waals surface area contributed by atoms with Crippen LogP contribution < -0.4 is 5.32 Å². The number of amides is 1. The molecule has 0 spiro atoms. The van der Waals surface area contributed by atoms with Crippen LogP contribution in [0.25, 0.3) is 5.69 Å². The Kier molecular flexibility index (Phi) is 5.87. The smallest absolute Gasteiger partial charge is 0.303 e. The normalized spacial score (nSPS) is 15.1. The number of hydrogen-bond donors (Lipinski definition) is 2. The summed E-state index contributed by atoms with van der Waals surface area (Å²) in [6.07, 6.45) is 5.32. The molecule has 6 nitrogen and oxygen atoms in total. The molecule has 6 heteroatoms. The lowest BCUT2D eigenvalue weighted by molar-refractivity contribution is -0.136. The SMILES string of the molecule is CCC1(CNC(=O)c2ccc(-n3nc(C)c(CCC(=O)O)c3C)cc2)CCC1. The van der Waals surface area contributed by atoms with E-state index in [0.29, 0.717) is 17.4 Å². The van der Waals surface area contributed by atoms with E-state index in [4.69, 9.17) is 5.11 Å². The van der Waals surface area contributed by atoms with Gasteiger partial charge in [-0.1, -0.05) is 13.3 Å². The summed E-state index contributed by atoms with van der Waals surface area (Å²) in [6.45, 7) is 6.78. The summed E-state index contributed by atoms with van der Waals surface area (Å²) in [7, 11) is 0. The Labute approximate surface area is 166 Å². The van der Waals surface area contributed by atoms with Gasteiger partial charge in [0, 0.05) is 24.2 Å². The van der Waals surface area contributed by atoms with Crippen molar-refractivity contribution in [1.29, 1.82) is 0 Å². The first-order valence-corrected chi connectivity index (χ1v) is 10.0. The molecule has 3 rings (SSSR count). The third-order valence-electron chi connectivity index (χ3n) is 6.19. The molecule has 1 heterocycles. The third-order valence-corrected chi connectivity index (χ3v) is 6.19. The van der Waals surface area contributed by atoms with Crippen molar-refractivity contribution in [2.24, 2.45) is 5.41 Å². The van der Waals surface area contributed by atoms with Crippen LogP contribution in [0.4, 0.5) is 0 Å². The van der Waals surface area contributed by atoms with E-state index in [1.165, 1.54) is 19.3 Å². The minimum absolute atomic E-state index is 0.0400. The first kappa shape index (κ1) is 20.1. The predicted molar refractivity (Wildman–Crippen MR) is 108 cm³/mol. The van der Waals surface area contributed by atoms with Crippen molar-refractivity contribution in [2.75, 3.05) is 6.54 Å². The van der Waals surface area contributed by atoms with E-state index >= 15 is 0 Å². The van der Waals surface area contributed by atoms with Crippen molar-refractivity contribution < 1.29 is 14.7 Å². The lowest BCUT2D eigenvalue weighted by Gasteiger charge is -2.41. The van der Waals surface area contributed by atoms with Crippen molar-refractivity contribution in [3.05, 3.63) is 46.8 Å². The second-order valence-corrected chi connectivity index (χ2v) is 7.89. The second-order valence-electron chi connectivity index (χ2n) is 7.89. The molecule has 1 fully saturated rings. The van der Waals surface area contributed by atoms with Crippen molar-refractivity contribution in [1.82, 2.24) is 15.1 Å². The number of nitrogens with one attached hydrogen (secondary N) is 1. The topological polar surface area (TPSA) is 84.2 Å². The maximum absolute atomic E-state index is 12.5. The number of carboxylic acid groups (broad SMARTS) is 1. The van der Waals surface area contributed by atoms with E-state index in [9.17, 15) is 9.59 Å². The third kappa shape index (κ3) is 4.11. The number of aliphatic carboxylic acids is 1. The molecule has 1 amide bonds. The molecular weight excluding hydrogens is 354 g/mol. The van der Waals surface area contributed by atoms with Gasteiger partial charge < -0.3 is 10.4 Å². The van der Waals surface area contributed by atoms with Gasteiger partial charge in [0.1, 0.15) is 0 Å². The highest BCUT2D eigenvalue weighted by Gasteiger charge is 2.35. The highest BCUT2D eigenvalue weighted by atomic mass is 16.4. The zero-order valence-corrected chi connectivity index (χ0v) is 16.9. The molecule has 0 radical (unpaired) electrons. The van der Waals surface area contributed by atoms with Crippen molar-refractivity contribution in [3.8, 4) is 5.69 Å². The highest BCUT2D eigenvalue weighted by molar-refractivity contribution is 5.94. The number of hydrogen-bond acceptors (Lipinski definition) is 3. The zero-order valence-electron chi connectivity index (χ0n) is 16.9. The predicted octanol–water partition coefficient (Wildman–Crippen LogP) is 3.82.